The van der Waals surface area contributed by atoms with Gasteiger partial charge in [0.2, 0.25) is 0 Å². The standard InChI is InChI=1S/C7HClF3N3O5S/c8-20(17,18)5-3(2-12)1-4(19-7(9,10)11)13-6(5)14(15)16/h1H. The van der Waals surface area contributed by atoms with E-state index in [0.29, 0.717) is 0 Å². The Balaban J connectivity index is 3.65. The predicted molar refractivity (Wildman–Crippen MR) is 55.3 cm³/mol. The average molecular weight is 332 g/mol. The third kappa shape index (κ3) is 3.68. The molecule has 108 valence electrons. The highest BCUT2D eigenvalue weighted by atomic mass is 35.7. The van der Waals surface area contributed by atoms with Gasteiger partial charge < -0.3 is 14.9 Å². The minimum Gasteiger partial charge on any atom is -0.366 e. The second-order valence-corrected chi connectivity index (χ2v) is 5.52. The number of pyridine rings is 1. The lowest BCUT2D eigenvalue weighted by Crippen LogP contribution is -2.19. The first-order valence-corrected chi connectivity index (χ1v) is 6.56. The van der Waals surface area contributed by atoms with Crippen LogP contribution in [0, 0.1) is 21.4 Å². The van der Waals surface area contributed by atoms with Crippen LogP contribution >= 0.6 is 10.7 Å². The number of nitrogens with zero attached hydrogens (tertiary/aromatic N) is 3. The van der Waals surface area contributed by atoms with Crippen molar-refractivity contribution in [3.63, 3.8) is 0 Å². The summed E-state index contributed by atoms with van der Waals surface area (Å²) < 4.78 is 61.5. The molecule has 0 aliphatic heterocycles. The predicted octanol–water partition coefficient (Wildman–Crippen LogP) is 1.69. The van der Waals surface area contributed by atoms with Crippen molar-refractivity contribution in [3.05, 3.63) is 21.7 Å². The van der Waals surface area contributed by atoms with Crippen LogP contribution in [-0.4, -0.2) is 24.7 Å². The van der Waals surface area contributed by atoms with Gasteiger partial charge in [0.15, 0.2) is 4.90 Å². The van der Waals surface area contributed by atoms with Crippen molar-refractivity contribution < 1.29 is 31.2 Å². The Bertz CT molecular complexity index is 712. The lowest BCUT2D eigenvalue weighted by molar-refractivity contribution is -0.393. The number of aromatic nitrogens is 1. The monoisotopic (exact) mass is 331 g/mol. The number of rotatable bonds is 3. The van der Waals surface area contributed by atoms with Gasteiger partial charge in [0, 0.05) is 21.7 Å². The van der Waals surface area contributed by atoms with E-state index in [2.05, 4.69) is 9.72 Å². The first-order valence-electron chi connectivity index (χ1n) is 4.25. The van der Waals surface area contributed by atoms with Gasteiger partial charge in [-0.1, -0.05) is 0 Å². The van der Waals surface area contributed by atoms with Gasteiger partial charge in [-0.3, -0.25) is 0 Å². The molecule has 1 rings (SSSR count). The van der Waals surface area contributed by atoms with Crippen molar-refractivity contribution in [1.29, 1.82) is 5.26 Å². The molecule has 0 radical (unpaired) electrons. The topological polar surface area (TPSA) is 123 Å². The molecule has 0 saturated carbocycles. The lowest BCUT2D eigenvalue weighted by atomic mass is 10.3. The van der Waals surface area contributed by atoms with E-state index in [4.69, 9.17) is 15.9 Å². The Kier molecular flexibility index (Phi) is 4.06. The summed E-state index contributed by atoms with van der Waals surface area (Å²) in [5, 5.41) is 19.3. The van der Waals surface area contributed by atoms with Crippen molar-refractivity contribution in [3.8, 4) is 11.9 Å². The highest BCUT2D eigenvalue weighted by Gasteiger charge is 2.37. The third-order valence-corrected chi connectivity index (χ3v) is 3.04. The van der Waals surface area contributed by atoms with Crippen molar-refractivity contribution in [2.75, 3.05) is 0 Å². The van der Waals surface area contributed by atoms with E-state index in [-0.39, 0.29) is 6.07 Å². The number of hydrogen-bond donors (Lipinski definition) is 0. The summed E-state index contributed by atoms with van der Waals surface area (Å²) >= 11 is 0. The van der Waals surface area contributed by atoms with Crippen LogP contribution in [0.25, 0.3) is 0 Å². The maximum Gasteiger partial charge on any atom is 0.575 e. The van der Waals surface area contributed by atoms with Crippen LogP contribution in [0.2, 0.25) is 0 Å². The molecule has 0 fully saturated rings. The number of ether oxygens (including phenoxy) is 1. The smallest absolute Gasteiger partial charge is 0.366 e. The Labute approximate surface area is 112 Å². The van der Waals surface area contributed by atoms with Crippen LogP contribution in [0.1, 0.15) is 5.56 Å². The van der Waals surface area contributed by atoms with Gasteiger partial charge >= 0.3 is 18.1 Å². The van der Waals surface area contributed by atoms with Crippen LogP contribution in [-0.2, 0) is 9.05 Å². The van der Waals surface area contributed by atoms with Gasteiger partial charge in [-0.05, 0) is 4.92 Å². The van der Waals surface area contributed by atoms with Crippen LogP contribution < -0.4 is 4.74 Å². The van der Waals surface area contributed by atoms with Crippen LogP contribution in [0.3, 0.4) is 0 Å². The summed E-state index contributed by atoms with van der Waals surface area (Å²) in [6, 6.07) is 1.44. The van der Waals surface area contributed by atoms with Gasteiger partial charge in [-0.15, -0.1) is 13.2 Å². The van der Waals surface area contributed by atoms with E-state index in [0.717, 1.165) is 0 Å². The van der Waals surface area contributed by atoms with Gasteiger partial charge in [0.05, 0.1) is 5.56 Å². The fraction of sp³-hybridized carbons (Fsp3) is 0.143. The molecule has 0 aliphatic rings. The third-order valence-electron chi connectivity index (χ3n) is 1.69. The number of halogens is 4. The number of nitro groups is 1. The molecule has 0 spiro atoms. The maximum atomic E-state index is 12.0. The highest BCUT2D eigenvalue weighted by Crippen LogP contribution is 2.32. The Hall–Kier alpha value is -2.13. The van der Waals surface area contributed by atoms with Crippen molar-refractivity contribution in [2.45, 2.75) is 11.3 Å². The molecule has 0 unspecified atom stereocenters. The molecule has 1 aromatic rings. The fourth-order valence-corrected chi connectivity index (χ4v) is 2.28. The summed E-state index contributed by atoms with van der Waals surface area (Å²) in [5.41, 5.74) is -0.999. The first-order chi connectivity index (χ1) is 8.95. The van der Waals surface area contributed by atoms with Gasteiger partial charge in [-0.2, -0.15) is 5.26 Å². The van der Waals surface area contributed by atoms with E-state index in [1.165, 1.54) is 6.07 Å². The molecular formula is C7HClF3N3O5S. The minimum absolute atomic E-state index is 0.274. The summed E-state index contributed by atoms with van der Waals surface area (Å²) in [6.45, 7) is 0. The van der Waals surface area contributed by atoms with E-state index < -0.39 is 42.5 Å². The Morgan fingerprint density at radius 2 is 2.05 bits per heavy atom. The molecule has 0 aromatic carbocycles. The SMILES string of the molecule is N#Cc1cc(OC(F)(F)F)nc([N+](=O)[O-])c1S(=O)(=O)Cl. The molecule has 13 heteroatoms. The van der Waals surface area contributed by atoms with E-state index in [1.54, 1.807) is 0 Å². The molecule has 20 heavy (non-hydrogen) atoms. The van der Waals surface area contributed by atoms with Crippen LogP contribution in [0.15, 0.2) is 11.0 Å². The summed E-state index contributed by atoms with van der Waals surface area (Å²) in [7, 11) is 0.118. The Morgan fingerprint density at radius 1 is 1.50 bits per heavy atom. The molecular weight excluding hydrogens is 331 g/mol. The average Bonchev–Trinajstić information content (AvgIpc) is 2.23. The Morgan fingerprint density at radius 3 is 2.40 bits per heavy atom. The van der Waals surface area contributed by atoms with E-state index in [9.17, 15) is 31.7 Å². The summed E-state index contributed by atoms with van der Waals surface area (Å²) in [5.74, 6) is -2.90. The summed E-state index contributed by atoms with van der Waals surface area (Å²) in [6.07, 6.45) is -5.23. The van der Waals surface area contributed by atoms with E-state index >= 15 is 0 Å². The van der Waals surface area contributed by atoms with Crippen molar-refractivity contribution in [2.24, 2.45) is 0 Å². The van der Waals surface area contributed by atoms with Gasteiger partial charge in [0.1, 0.15) is 6.07 Å². The highest BCUT2D eigenvalue weighted by molar-refractivity contribution is 8.13. The second-order valence-electron chi connectivity index (χ2n) is 3.02. The molecule has 1 aromatic heterocycles. The quantitative estimate of drug-likeness (QED) is 0.469. The van der Waals surface area contributed by atoms with Crippen molar-refractivity contribution in [1.82, 2.24) is 4.98 Å². The van der Waals surface area contributed by atoms with Gasteiger partial charge in [-0.25, -0.2) is 8.42 Å². The molecule has 1 heterocycles. The van der Waals surface area contributed by atoms with E-state index in [1.807, 2.05) is 0 Å². The molecule has 0 amide bonds. The van der Waals surface area contributed by atoms with Crippen LogP contribution in [0.4, 0.5) is 19.0 Å². The summed E-state index contributed by atoms with van der Waals surface area (Å²) in [4.78, 5) is 10.7. The minimum atomic E-state index is -5.23. The molecule has 8 nitrogen and oxygen atoms in total. The van der Waals surface area contributed by atoms with Gasteiger partial charge in [0.25, 0.3) is 9.05 Å². The zero-order chi connectivity index (χ0) is 15.7. The second kappa shape index (κ2) is 5.10. The zero-order valence-corrected chi connectivity index (χ0v) is 10.5. The number of hydrogen-bond acceptors (Lipinski definition) is 7. The lowest BCUT2D eigenvalue weighted by Gasteiger charge is -2.06. The molecule has 0 atom stereocenters. The first kappa shape index (κ1) is 15.9. The maximum absolute atomic E-state index is 12.0. The fourth-order valence-electron chi connectivity index (χ4n) is 1.11. The number of nitriles is 1. The molecule has 0 bridgehead atoms. The largest absolute Gasteiger partial charge is 0.575 e. The zero-order valence-electron chi connectivity index (χ0n) is 8.88. The molecule has 0 saturated heterocycles. The normalized spacial score (nSPS) is 11.8. The number of alkyl halides is 3. The van der Waals surface area contributed by atoms with Crippen molar-refractivity contribution >= 4 is 25.6 Å². The molecule has 0 N–H and O–H groups in total. The molecule has 0 aliphatic carbocycles. The van der Waals surface area contributed by atoms with Crippen LogP contribution in [0.5, 0.6) is 5.88 Å².